The van der Waals surface area contributed by atoms with Crippen molar-refractivity contribution in [3.63, 3.8) is 0 Å². The molecule has 0 saturated carbocycles. The van der Waals surface area contributed by atoms with Crippen LogP contribution in [0.15, 0.2) is 36.5 Å². The average molecular weight is 317 g/mol. The molecule has 2 rings (SSSR count). The quantitative estimate of drug-likeness (QED) is 0.807. The maximum Gasteiger partial charge on any atom is 0.140 e. The lowest BCUT2D eigenvalue weighted by molar-refractivity contribution is 0.301. The molecule has 19 heavy (non-hydrogen) atoms. The molecule has 0 spiro atoms. The molecule has 0 saturated heterocycles. The number of para-hydroxylation sites is 1. The lowest BCUT2D eigenvalue weighted by atomic mass is 10.1. The van der Waals surface area contributed by atoms with E-state index in [0.29, 0.717) is 12.3 Å². The molecule has 0 fully saturated rings. The Morgan fingerprint density at radius 2 is 2.21 bits per heavy atom. The summed E-state index contributed by atoms with van der Waals surface area (Å²) in [5.74, 6) is 0.898. The number of alkyl halides is 1. The number of pyridine rings is 1. The van der Waals surface area contributed by atoms with Crippen LogP contribution in [-0.2, 0) is 11.9 Å². The zero-order chi connectivity index (χ0) is 13.7. The molecule has 0 N–H and O–H groups in total. The van der Waals surface area contributed by atoms with E-state index in [-0.39, 0.29) is 0 Å². The smallest absolute Gasteiger partial charge is 0.140 e. The van der Waals surface area contributed by atoms with Crippen molar-refractivity contribution in [3.8, 4) is 11.8 Å². The summed E-state index contributed by atoms with van der Waals surface area (Å²) in [5.41, 5.74) is 3.57. The van der Waals surface area contributed by atoms with E-state index < -0.39 is 0 Å². The zero-order valence-electron chi connectivity index (χ0n) is 10.6. The Labute approximate surface area is 121 Å². The maximum atomic E-state index is 8.81. The molecule has 4 heteroatoms. The summed E-state index contributed by atoms with van der Waals surface area (Å²) in [4.78, 5) is 3.94. The first-order valence-electron chi connectivity index (χ1n) is 5.87. The highest BCUT2D eigenvalue weighted by atomic mass is 79.9. The summed E-state index contributed by atoms with van der Waals surface area (Å²) < 4.78 is 5.88. The van der Waals surface area contributed by atoms with Crippen molar-refractivity contribution in [2.75, 3.05) is 0 Å². The second-order valence-corrected chi connectivity index (χ2v) is 4.71. The summed E-state index contributed by atoms with van der Waals surface area (Å²) in [5, 5.41) is 9.57. The van der Waals surface area contributed by atoms with Crippen LogP contribution in [0.3, 0.4) is 0 Å². The number of hydrogen-bond donors (Lipinski definition) is 0. The topological polar surface area (TPSA) is 45.9 Å². The van der Waals surface area contributed by atoms with Crippen LogP contribution in [0.4, 0.5) is 0 Å². The number of halogens is 1. The first-order chi connectivity index (χ1) is 9.24. The van der Waals surface area contributed by atoms with Crippen LogP contribution in [-0.4, -0.2) is 4.98 Å². The molecular formula is C15H13BrN2O. The molecule has 0 aliphatic rings. The van der Waals surface area contributed by atoms with Gasteiger partial charge in [0.25, 0.3) is 0 Å². The zero-order valence-corrected chi connectivity index (χ0v) is 12.1. The van der Waals surface area contributed by atoms with Gasteiger partial charge in [-0.25, -0.2) is 4.98 Å². The molecular weight excluding hydrogens is 304 g/mol. The number of benzene rings is 1. The Morgan fingerprint density at radius 3 is 2.95 bits per heavy atom. The third-order valence-corrected chi connectivity index (χ3v) is 3.36. The first kappa shape index (κ1) is 13.6. The Hall–Kier alpha value is -1.86. The van der Waals surface area contributed by atoms with Crippen molar-refractivity contribution in [3.05, 3.63) is 58.9 Å². The Kier molecular flexibility index (Phi) is 4.53. The fourth-order valence-electron chi connectivity index (χ4n) is 1.81. The van der Waals surface area contributed by atoms with Gasteiger partial charge in [0.05, 0.1) is 0 Å². The number of aryl methyl sites for hydroxylation is 1. The molecule has 1 aromatic heterocycles. The van der Waals surface area contributed by atoms with Gasteiger partial charge in [0.1, 0.15) is 24.1 Å². The van der Waals surface area contributed by atoms with Gasteiger partial charge in [-0.1, -0.05) is 34.1 Å². The van der Waals surface area contributed by atoms with Crippen LogP contribution >= 0.6 is 15.9 Å². The molecule has 0 unspecified atom stereocenters. The predicted molar refractivity (Wildman–Crippen MR) is 77.1 cm³/mol. The van der Waals surface area contributed by atoms with Gasteiger partial charge in [-0.15, -0.1) is 0 Å². The van der Waals surface area contributed by atoms with E-state index in [1.807, 2.05) is 37.3 Å². The minimum absolute atomic E-state index is 0.409. The third-order valence-electron chi connectivity index (χ3n) is 2.76. The van der Waals surface area contributed by atoms with Crippen molar-refractivity contribution in [2.45, 2.75) is 18.9 Å². The highest BCUT2D eigenvalue weighted by Gasteiger charge is 2.06. The van der Waals surface area contributed by atoms with Crippen LogP contribution in [0.25, 0.3) is 0 Å². The van der Waals surface area contributed by atoms with Crippen LogP contribution in [0.2, 0.25) is 0 Å². The fraction of sp³-hybridized carbons (Fsp3) is 0.200. The fourth-order valence-corrected chi connectivity index (χ4v) is 2.25. The lowest BCUT2D eigenvalue weighted by Crippen LogP contribution is -2.00. The molecule has 0 radical (unpaired) electrons. The van der Waals surface area contributed by atoms with Crippen LogP contribution in [0.5, 0.6) is 5.75 Å². The van der Waals surface area contributed by atoms with E-state index in [9.17, 15) is 0 Å². The Bertz CT molecular complexity index is 620. The summed E-state index contributed by atoms with van der Waals surface area (Å²) in [6.07, 6.45) is 1.63. The second-order valence-electron chi connectivity index (χ2n) is 4.15. The monoisotopic (exact) mass is 316 g/mol. The van der Waals surface area contributed by atoms with Crippen molar-refractivity contribution < 1.29 is 4.74 Å². The number of ether oxygens (including phenoxy) is 1. The normalized spacial score (nSPS) is 9.95. The summed E-state index contributed by atoms with van der Waals surface area (Å²) in [6.45, 7) is 2.46. The molecule has 1 heterocycles. The number of nitrogens with zero attached hydrogens (tertiary/aromatic N) is 2. The van der Waals surface area contributed by atoms with E-state index in [0.717, 1.165) is 27.8 Å². The number of aromatic nitrogens is 1. The third kappa shape index (κ3) is 3.33. The molecule has 96 valence electrons. The van der Waals surface area contributed by atoms with E-state index in [1.165, 1.54) is 0 Å². The summed E-state index contributed by atoms with van der Waals surface area (Å²) >= 11 is 3.46. The number of rotatable bonds is 4. The van der Waals surface area contributed by atoms with Crippen LogP contribution < -0.4 is 4.74 Å². The Morgan fingerprint density at radius 1 is 1.37 bits per heavy atom. The second kappa shape index (κ2) is 6.35. The molecule has 1 aromatic carbocycles. The van der Waals surface area contributed by atoms with Crippen LogP contribution in [0, 0.1) is 18.3 Å². The van der Waals surface area contributed by atoms with Gasteiger partial charge in [-0.2, -0.15) is 5.26 Å². The van der Waals surface area contributed by atoms with Crippen molar-refractivity contribution in [1.29, 1.82) is 5.26 Å². The van der Waals surface area contributed by atoms with Crippen molar-refractivity contribution in [2.24, 2.45) is 0 Å². The van der Waals surface area contributed by atoms with Gasteiger partial charge < -0.3 is 4.74 Å². The number of nitriles is 1. The standard InChI is InChI=1S/C15H13BrN2O/c1-11-3-2-4-13(8-16)15(11)19-10-12-5-6-18-14(7-12)9-17/h2-7H,8,10H2,1H3. The van der Waals surface area contributed by atoms with Gasteiger partial charge >= 0.3 is 0 Å². The highest BCUT2D eigenvalue weighted by molar-refractivity contribution is 9.08. The van der Waals surface area contributed by atoms with E-state index in [1.54, 1.807) is 12.3 Å². The molecule has 2 aromatic rings. The molecule has 0 atom stereocenters. The average Bonchev–Trinajstić information content (AvgIpc) is 2.46. The van der Waals surface area contributed by atoms with Gasteiger partial charge in [0, 0.05) is 17.1 Å². The minimum atomic E-state index is 0.409. The van der Waals surface area contributed by atoms with Crippen LogP contribution in [0.1, 0.15) is 22.4 Å². The molecule has 0 aliphatic carbocycles. The molecule has 3 nitrogen and oxygen atoms in total. The molecule has 0 aliphatic heterocycles. The van der Waals surface area contributed by atoms with Gasteiger partial charge in [0.2, 0.25) is 0 Å². The van der Waals surface area contributed by atoms with Crippen molar-refractivity contribution >= 4 is 15.9 Å². The van der Waals surface area contributed by atoms with E-state index in [4.69, 9.17) is 10.00 Å². The van der Waals surface area contributed by atoms with E-state index in [2.05, 4.69) is 20.9 Å². The summed E-state index contributed by atoms with van der Waals surface area (Å²) in [6, 6.07) is 11.7. The first-order valence-corrected chi connectivity index (χ1v) is 6.99. The molecule has 0 amide bonds. The Balaban J connectivity index is 2.17. The predicted octanol–water partition coefficient (Wildman–Crippen LogP) is 3.74. The number of hydrogen-bond acceptors (Lipinski definition) is 3. The van der Waals surface area contributed by atoms with Gasteiger partial charge in [-0.05, 0) is 30.2 Å². The van der Waals surface area contributed by atoms with Gasteiger partial charge in [-0.3, -0.25) is 0 Å². The highest BCUT2D eigenvalue weighted by Crippen LogP contribution is 2.26. The maximum absolute atomic E-state index is 8.81. The SMILES string of the molecule is Cc1cccc(CBr)c1OCc1ccnc(C#N)c1. The van der Waals surface area contributed by atoms with Crippen molar-refractivity contribution in [1.82, 2.24) is 4.98 Å². The van der Waals surface area contributed by atoms with E-state index >= 15 is 0 Å². The van der Waals surface area contributed by atoms with Gasteiger partial charge in [0.15, 0.2) is 0 Å². The summed E-state index contributed by atoms with van der Waals surface area (Å²) in [7, 11) is 0. The largest absolute Gasteiger partial charge is 0.488 e. The lowest BCUT2D eigenvalue weighted by Gasteiger charge is -2.12. The minimum Gasteiger partial charge on any atom is -0.488 e. The molecule has 0 bridgehead atoms.